The summed E-state index contributed by atoms with van der Waals surface area (Å²) in [5, 5.41) is 2.47. The molecule has 122 valence electrons. The molecule has 5 heteroatoms. The van der Waals surface area contributed by atoms with Crippen LogP contribution in [0.1, 0.15) is 19.4 Å². The van der Waals surface area contributed by atoms with Crippen LogP contribution in [0.2, 0.25) is 0 Å². The number of fused-ring (bicyclic) bond motifs is 1. The summed E-state index contributed by atoms with van der Waals surface area (Å²) < 4.78 is 0. The molecule has 1 aliphatic heterocycles. The molecule has 1 aliphatic rings. The third-order valence-electron chi connectivity index (χ3n) is 4.13. The van der Waals surface area contributed by atoms with Crippen LogP contribution >= 0.6 is 12.2 Å². The van der Waals surface area contributed by atoms with Crippen molar-refractivity contribution in [3.63, 3.8) is 0 Å². The normalized spacial score (nSPS) is 15.4. The largest absolute Gasteiger partial charge is 0.285 e. The van der Waals surface area contributed by atoms with Crippen LogP contribution in [0.25, 0.3) is 16.8 Å². The zero-order valence-corrected chi connectivity index (χ0v) is 14.5. The number of thiocarbonyl (C=S) groups is 1. The molecule has 0 aromatic heterocycles. The van der Waals surface area contributed by atoms with Gasteiger partial charge in [0.05, 0.1) is 0 Å². The van der Waals surface area contributed by atoms with Crippen molar-refractivity contribution >= 4 is 46.0 Å². The predicted molar refractivity (Wildman–Crippen MR) is 99.3 cm³/mol. The lowest BCUT2D eigenvalue weighted by Gasteiger charge is -2.35. The van der Waals surface area contributed by atoms with Crippen molar-refractivity contribution in [1.82, 2.24) is 9.80 Å². The molecule has 24 heavy (non-hydrogen) atoms. The summed E-state index contributed by atoms with van der Waals surface area (Å²) in [6.45, 7) is 4.58. The second kappa shape index (κ2) is 6.53. The van der Waals surface area contributed by atoms with Crippen molar-refractivity contribution in [3.05, 3.63) is 53.6 Å². The molecule has 0 aliphatic carbocycles. The van der Waals surface area contributed by atoms with Gasteiger partial charge < -0.3 is 0 Å². The lowest BCUT2D eigenvalue weighted by molar-refractivity contribution is -0.133. The summed E-state index contributed by atoms with van der Waals surface area (Å²) in [5.41, 5.74) is 0.980. The van der Waals surface area contributed by atoms with E-state index in [0.717, 1.165) is 16.3 Å². The van der Waals surface area contributed by atoms with Crippen molar-refractivity contribution in [3.8, 4) is 0 Å². The van der Waals surface area contributed by atoms with Crippen LogP contribution in [0.5, 0.6) is 0 Å². The minimum absolute atomic E-state index is 0.155. The Kier molecular flexibility index (Phi) is 4.44. The predicted octanol–water partition coefficient (Wildman–Crippen LogP) is 3.22. The number of amides is 2. The quantitative estimate of drug-likeness (QED) is 0.490. The fourth-order valence-electron chi connectivity index (χ4n) is 2.85. The first kappa shape index (κ1) is 16.3. The number of hydrogen-bond acceptors (Lipinski definition) is 3. The van der Waals surface area contributed by atoms with E-state index in [2.05, 4.69) is 0 Å². The van der Waals surface area contributed by atoms with Gasteiger partial charge in [0, 0.05) is 13.1 Å². The summed E-state index contributed by atoms with van der Waals surface area (Å²) in [4.78, 5) is 28.2. The van der Waals surface area contributed by atoms with Crippen LogP contribution in [-0.4, -0.2) is 39.8 Å². The van der Waals surface area contributed by atoms with Crippen LogP contribution in [0.3, 0.4) is 0 Å². The Morgan fingerprint density at radius 1 is 0.917 bits per heavy atom. The van der Waals surface area contributed by atoms with Gasteiger partial charge in [-0.25, -0.2) is 0 Å². The van der Waals surface area contributed by atoms with E-state index in [9.17, 15) is 9.59 Å². The molecule has 0 saturated carbocycles. The van der Waals surface area contributed by atoms with Crippen molar-refractivity contribution in [1.29, 1.82) is 0 Å². The molecule has 1 heterocycles. The van der Waals surface area contributed by atoms with E-state index < -0.39 is 0 Å². The monoisotopic (exact) mass is 338 g/mol. The maximum atomic E-state index is 12.6. The summed E-state index contributed by atoms with van der Waals surface area (Å²) >= 11 is 5.26. The summed E-state index contributed by atoms with van der Waals surface area (Å²) in [5.74, 6) is -0.657. The molecule has 0 atom stereocenters. The van der Waals surface area contributed by atoms with Crippen molar-refractivity contribution < 1.29 is 9.59 Å². The molecular weight excluding hydrogens is 320 g/mol. The highest BCUT2D eigenvalue weighted by Gasteiger charge is 2.37. The first-order chi connectivity index (χ1) is 11.6. The highest BCUT2D eigenvalue weighted by Crippen LogP contribution is 2.22. The molecule has 2 amide bonds. The van der Waals surface area contributed by atoms with Crippen LogP contribution in [-0.2, 0) is 9.59 Å². The molecule has 1 fully saturated rings. The highest BCUT2D eigenvalue weighted by atomic mass is 32.1. The molecule has 0 spiro atoms. The van der Waals surface area contributed by atoms with E-state index in [0.29, 0.717) is 13.1 Å². The Hall–Kier alpha value is -2.53. The van der Waals surface area contributed by atoms with Gasteiger partial charge in [-0.3, -0.25) is 19.4 Å². The molecular formula is C19H18N2O2S. The van der Waals surface area contributed by atoms with E-state index in [-0.39, 0.29) is 22.5 Å². The van der Waals surface area contributed by atoms with Crippen LogP contribution < -0.4 is 0 Å². The topological polar surface area (TPSA) is 40.6 Å². The van der Waals surface area contributed by atoms with Crippen LogP contribution in [0, 0.1) is 0 Å². The van der Waals surface area contributed by atoms with Crippen LogP contribution in [0.4, 0.5) is 0 Å². The van der Waals surface area contributed by atoms with Crippen molar-refractivity contribution in [2.24, 2.45) is 0 Å². The number of carbonyl (C=O) groups is 2. The SMILES string of the molecule is CCN1C(=O)C(=Cc2ccc3ccccc3c2)C(=O)N(CC)C1=S. The molecule has 1 saturated heterocycles. The van der Waals surface area contributed by atoms with Gasteiger partial charge in [-0.15, -0.1) is 0 Å². The molecule has 0 bridgehead atoms. The first-order valence-corrected chi connectivity index (χ1v) is 8.35. The maximum absolute atomic E-state index is 12.6. The van der Waals surface area contributed by atoms with Gasteiger partial charge in [0.2, 0.25) is 0 Å². The Balaban J connectivity index is 2.06. The number of hydrogen-bond donors (Lipinski definition) is 0. The van der Waals surface area contributed by atoms with Gasteiger partial charge >= 0.3 is 0 Å². The minimum atomic E-state index is -0.328. The smallest absolute Gasteiger partial charge is 0.265 e. The first-order valence-electron chi connectivity index (χ1n) is 7.95. The standard InChI is InChI=1S/C19H18N2O2S/c1-3-20-17(22)16(18(23)21(4-2)19(20)24)12-13-9-10-14-7-5-6-8-15(14)11-13/h5-12H,3-4H2,1-2H3. The Labute approximate surface area is 146 Å². The van der Waals surface area contributed by atoms with Gasteiger partial charge in [0.15, 0.2) is 5.11 Å². The molecule has 4 nitrogen and oxygen atoms in total. The van der Waals surface area contributed by atoms with E-state index in [1.165, 1.54) is 9.80 Å². The van der Waals surface area contributed by atoms with Gasteiger partial charge in [-0.1, -0.05) is 36.4 Å². The number of nitrogens with zero attached hydrogens (tertiary/aromatic N) is 2. The number of likely N-dealkylation sites (N-methyl/N-ethyl adjacent to an activating group) is 2. The van der Waals surface area contributed by atoms with Gasteiger partial charge in [0.1, 0.15) is 5.57 Å². The Bertz CT molecular complexity index is 845. The highest BCUT2D eigenvalue weighted by molar-refractivity contribution is 7.80. The zero-order valence-electron chi connectivity index (χ0n) is 13.7. The summed E-state index contributed by atoms with van der Waals surface area (Å²) in [6.07, 6.45) is 1.66. The zero-order chi connectivity index (χ0) is 17.3. The fraction of sp³-hybridized carbons (Fsp3) is 0.211. The number of carbonyl (C=O) groups excluding carboxylic acids is 2. The van der Waals surface area contributed by atoms with Crippen molar-refractivity contribution in [2.75, 3.05) is 13.1 Å². The maximum Gasteiger partial charge on any atom is 0.265 e. The van der Waals surface area contributed by atoms with Crippen LogP contribution in [0.15, 0.2) is 48.0 Å². The Morgan fingerprint density at radius 2 is 1.50 bits per heavy atom. The number of benzene rings is 2. The Morgan fingerprint density at radius 3 is 2.08 bits per heavy atom. The third kappa shape index (κ3) is 2.71. The average Bonchev–Trinajstić information content (AvgIpc) is 2.59. The van der Waals surface area contributed by atoms with Gasteiger partial charge in [-0.2, -0.15) is 0 Å². The lowest BCUT2D eigenvalue weighted by Crippen LogP contribution is -2.55. The van der Waals surface area contributed by atoms with E-state index >= 15 is 0 Å². The van der Waals surface area contributed by atoms with Gasteiger partial charge in [0.25, 0.3) is 11.8 Å². The second-order valence-electron chi connectivity index (χ2n) is 5.55. The average molecular weight is 338 g/mol. The molecule has 3 rings (SSSR count). The van der Waals surface area contributed by atoms with E-state index in [1.807, 2.05) is 56.3 Å². The third-order valence-corrected chi connectivity index (χ3v) is 4.57. The van der Waals surface area contributed by atoms with E-state index in [4.69, 9.17) is 12.2 Å². The summed E-state index contributed by atoms with van der Waals surface area (Å²) in [6, 6.07) is 13.9. The lowest BCUT2D eigenvalue weighted by atomic mass is 10.0. The van der Waals surface area contributed by atoms with Crippen molar-refractivity contribution in [2.45, 2.75) is 13.8 Å². The number of rotatable bonds is 3. The fourth-order valence-corrected chi connectivity index (χ4v) is 3.27. The van der Waals surface area contributed by atoms with Gasteiger partial charge in [-0.05, 0) is 54.5 Å². The van der Waals surface area contributed by atoms with E-state index in [1.54, 1.807) is 6.08 Å². The molecule has 2 aromatic carbocycles. The molecule has 2 aromatic rings. The second-order valence-corrected chi connectivity index (χ2v) is 5.91. The molecule has 0 N–H and O–H groups in total. The molecule has 0 radical (unpaired) electrons. The summed E-state index contributed by atoms with van der Waals surface area (Å²) in [7, 11) is 0. The molecule has 0 unspecified atom stereocenters. The minimum Gasteiger partial charge on any atom is -0.285 e.